The van der Waals surface area contributed by atoms with Crippen molar-refractivity contribution in [1.29, 1.82) is 0 Å². The number of hydrogen-bond donors (Lipinski definition) is 2. The van der Waals surface area contributed by atoms with Gasteiger partial charge in [0.05, 0.1) is 6.54 Å². The van der Waals surface area contributed by atoms with Crippen molar-refractivity contribution in [3.8, 4) is 5.75 Å². The molecule has 156 valence electrons. The Bertz CT molecular complexity index is 1020. The predicted octanol–water partition coefficient (Wildman–Crippen LogP) is 4.09. The van der Waals surface area contributed by atoms with Crippen LogP contribution in [0.3, 0.4) is 0 Å². The molecule has 1 saturated heterocycles. The summed E-state index contributed by atoms with van der Waals surface area (Å²) < 4.78 is 6.51. The first-order valence-electron chi connectivity index (χ1n) is 10.9. The van der Waals surface area contributed by atoms with Gasteiger partial charge in [-0.15, -0.1) is 0 Å². The zero-order valence-corrected chi connectivity index (χ0v) is 17.5. The fourth-order valence-electron chi connectivity index (χ4n) is 5.63. The molecule has 1 amide bonds. The number of anilines is 1. The molecule has 4 atom stereocenters. The standard InChI is InChI=1S/C25H28N2O3/c1-15-10-11-16(2)19(13-15)27-24(29)23-20(28)14-26-25-12-6-5-8-18(25)22(23)17-7-3-4-9-21(17)30-25/h3-4,7,9-11,13,18,22-23,26H,5-6,8,12,14H2,1-2H3,(H,27,29)/t18-,22+,23-,25+/m0/s1. The first kappa shape index (κ1) is 19.3. The summed E-state index contributed by atoms with van der Waals surface area (Å²) in [5, 5.41) is 6.51. The Morgan fingerprint density at radius 1 is 1.17 bits per heavy atom. The maximum Gasteiger partial charge on any atom is 0.235 e. The lowest BCUT2D eigenvalue weighted by molar-refractivity contribution is -0.132. The van der Waals surface area contributed by atoms with Crippen molar-refractivity contribution < 1.29 is 14.3 Å². The van der Waals surface area contributed by atoms with E-state index in [4.69, 9.17) is 4.74 Å². The first-order chi connectivity index (χ1) is 14.5. The van der Waals surface area contributed by atoms with Crippen molar-refractivity contribution in [2.24, 2.45) is 11.8 Å². The molecule has 2 bridgehead atoms. The summed E-state index contributed by atoms with van der Waals surface area (Å²) in [7, 11) is 0. The highest BCUT2D eigenvalue weighted by molar-refractivity contribution is 6.09. The van der Waals surface area contributed by atoms with Crippen LogP contribution < -0.4 is 15.4 Å². The van der Waals surface area contributed by atoms with E-state index in [9.17, 15) is 9.59 Å². The highest BCUT2D eigenvalue weighted by Gasteiger charge is 2.57. The largest absolute Gasteiger partial charge is 0.472 e. The van der Waals surface area contributed by atoms with E-state index < -0.39 is 11.6 Å². The number of benzene rings is 2. The molecule has 2 heterocycles. The minimum Gasteiger partial charge on any atom is -0.472 e. The van der Waals surface area contributed by atoms with Crippen LogP contribution in [-0.4, -0.2) is 24.0 Å². The smallest absolute Gasteiger partial charge is 0.235 e. The van der Waals surface area contributed by atoms with E-state index in [-0.39, 0.29) is 30.1 Å². The molecule has 2 N–H and O–H groups in total. The Morgan fingerprint density at radius 2 is 2.00 bits per heavy atom. The van der Waals surface area contributed by atoms with Gasteiger partial charge in [0.25, 0.3) is 0 Å². The van der Waals surface area contributed by atoms with Gasteiger partial charge in [-0.1, -0.05) is 36.8 Å². The molecule has 1 saturated carbocycles. The fourth-order valence-corrected chi connectivity index (χ4v) is 5.63. The Morgan fingerprint density at radius 3 is 2.87 bits per heavy atom. The summed E-state index contributed by atoms with van der Waals surface area (Å²) in [5.74, 6) is -0.278. The summed E-state index contributed by atoms with van der Waals surface area (Å²) in [6, 6.07) is 13.9. The summed E-state index contributed by atoms with van der Waals surface area (Å²) in [4.78, 5) is 26.9. The molecule has 5 heteroatoms. The Balaban J connectivity index is 1.58. The molecule has 2 aromatic carbocycles. The number of para-hydroxylation sites is 1. The molecule has 2 aromatic rings. The second-order valence-electron chi connectivity index (χ2n) is 9.01. The third-order valence-corrected chi connectivity index (χ3v) is 7.12. The molecule has 2 aliphatic heterocycles. The van der Waals surface area contributed by atoms with Crippen molar-refractivity contribution in [2.45, 2.75) is 51.2 Å². The molecular formula is C25H28N2O3. The van der Waals surface area contributed by atoms with Crippen LogP contribution in [0.2, 0.25) is 0 Å². The molecule has 5 rings (SSSR count). The predicted molar refractivity (Wildman–Crippen MR) is 116 cm³/mol. The maximum absolute atomic E-state index is 13.6. The lowest BCUT2D eigenvalue weighted by atomic mass is 9.65. The van der Waals surface area contributed by atoms with Crippen LogP contribution in [0.25, 0.3) is 0 Å². The van der Waals surface area contributed by atoms with E-state index in [1.54, 1.807) is 0 Å². The summed E-state index contributed by atoms with van der Waals surface area (Å²) in [5.41, 5.74) is 3.28. The second-order valence-corrected chi connectivity index (χ2v) is 9.01. The fraction of sp³-hybridized carbons (Fsp3) is 0.440. The quantitative estimate of drug-likeness (QED) is 0.740. The van der Waals surface area contributed by atoms with Crippen molar-refractivity contribution in [3.05, 3.63) is 59.2 Å². The van der Waals surface area contributed by atoms with Gasteiger partial charge in [0, 0.05) is 23.9 Å². The Labute approximate surface area is 177 Å². The molecular weight excluding hydrogens is 376 g/mol. The molecule has 1 aliphatic carbocycles. The zero-order chi connectivity index (χ0) is 20.9. The average Bonchev–Trinajstić information content (AvgIpc) is 2.83. The number of rotatable bonds is 2. The van der Waals surface area contributed by atoms with Gasteiger partial charge < -0.3 is 10.1 Å². The van der Waals surface area contributed by atoms with Gasteiger partial charge in [-0.3, -0.25) is 14.9 Å². The van der Waals surface area contributed by atoms with Crippen LogP contribution in [0.1, 0.15) is 48.3 Å². The minimum absolute atomic E-state index is 0.0584. The highest BCUT2D eigenvalue weighted by atomic mass is 16.5. The van der Waals surface area contributed by atoms with E-state index in [1.807, 2.05) is 56.3 Å². The number of amides is 1. The summed E-state index contributed by atoms with van der Waals surface area (Å²) >= 11 is 0. The number of fused-ring (bicyclic) bond motifs is 2. The molecule has 30 heavy (non-hydrogen) atoms. The highest BCUT2D eigenvalue weighted by Crippen LogP contribution is 2.54. The molecule has 0 unspecified atom stereocenters. The van der Waals surface area contributed by atoms with Crippen molar-refractivity contribution in [1.82, 2.24) is 5.32 Å². The van der Waals surface area contributed by atoms with Gasteiger partial charge in [0.1, 0.15) is 11.7 Å². The van der Waals surface area contributed by atoms with Crippen molar-refractivity contribution in [2.75, 3.05) is 11.9 Å². The molecule has 0 radical (unpaired) electrons. The van der Waals surface area contributed by atoms with Gasteiger partial charge >= 0.3 is 0 Å². The molecule has 3 aliphatic rings. The molecule has 0 aromatic heterocycles. The summed E-state index contributed by atoms with van der Waals surface area (Å²) in [6.07, 6.45) is 3.97. The normalized spacial score (nSPS) is 29.8. The Kier molecular flexibility index (Phi) is 4.66. The van der Waals surface area contributed by atoms with Gasteiger partial charge in [0.2, 0.25) is 5.91 Å². The van der Waals surface area contributed by atoms with Gasteiger partial charge in [-0.2, -0.15) is 0 Å². The van der Waals surface area contributed by atoms with E-state index >= 15 is 0 Å². The average molecular weight is 405 g/mol. The lowest BCUT2D eigenvalue weighted by Gasteiger charge is -2.50. The van der Waals surface area contributed by atoms with Crippen LogP contribution in [-0.2, 0) is 9.59 Å². The summed E-state index contributed by atoms with van der Waals surface area (Å²) in [6.45, 7) is 4.13. The third-order valence-electron chi connectivity index (χ3n) is 7.12. The van der Waals surface area contributed by atoms with E-state index in [0.29, 0.717) is 0 Å². The lowest BCUT2D eigenvalue weighted by Crippen LogP contribution is -2.60. The van der Waals surface area contributed by atoms with Crippen molar-refractivity contribution in [3.63, 3.8) is 0 Å². The van der Waals surface area contributed by atoms with Gasteiger partial charge in [-0.05, 0) is 55.5 Å². The number of ether oxygens (including phenoxy) is 1. The van der Waals surface area contributed by atoms with Crippen LogP contribution in [0.5, 0.6) is 5.75 Å². The number of hydrogen-bond acceptors (Lipinski definition) is 4. The number of aryl methyl sites for hydroxylation is 2. The molecule has 2 fully saturated rings. The third kappa shape index (κ3) is 3.03. The van der Waals surface area contributed by atoms with Gasteiger partial charge in [0.15, 0.2) is 11.5 Å². The van der Waals surface area contributed by atoms with Crippen LogP contribution in [0.4, 0.5) is 5.69 Å². The number of nitrogens with one attached hydrogen (secondary N) is 2. The van der Waals surface area contributed by atoms with Gasteiger partial charge in [-0.25, -0.2) is 0 Å². The van der Waals surface area contributed by atoms with E-state index in [1.165, 1.54) is 0 Å². The zero-order valence-electron chi connectivity index (χ0n) is 17.5. The van der Waals surface area contributed by atoms with E-state index in [0.717, 1.165) is 53.8 Å². The van der Waals surface area contributed by atoms with Crippen LogP contribution in [0, 0.1) is 25.7 Å². The topological polar surface area (TPSA) is 67.4 Å². The SMILES string of the molecule is Cc1ccc(C)c(NC(=O)[C@H]2C(=O)CN[C@@]34CCCC[C@H]3[C@H]2c2ccccc2O4)c1. The van der Waals surface area contributed by atoms with Crippen LogP contribution in [0.15, 0.2) is 42.5 Å². The first-order valence-corrected chi connectivity index (χ1v) is 10.9. The monoisotopic (exact) mass is 404 g/mol. The maximum atomic E-state index is 13.6. The number of Topliss-reactive ketones (excluding diaryl/α,β-unsaturated/α-hetero) is 1. The number of carbonyl (C=O) groups is 2. The molecule has 0 spiro atoms. The van der Waals surface area contributed by atoms with E-state index in [2.05, 4.69) is 10.6 Å². The number of carbonyl (C=O) groups excluding carboxylic acids is 2. The Hall–Kier alpha value is -2.66. The van der Waals surface area contributed by atoms with Crippen LogP contribution >= 0.6 is 0 Å². The van der Waals surface area contributed by atoms with Crippen molar-refractivity contribution >= 4 is 17.4 Å². The number of ketones is 1. The molecule has 5 nitrogen and oxygen atoms in total. The second kappa shape index (κ2) is 7.24. The minimum atomic E-state index is -0.729.